The molecule has 0 fully saturated rings. The van der Waals surface area contributed by atoms with Crippen LogP contribution in [-0.2, 0) is 22.6 Å². The molecule has 0 radical (unpaired) electrons. The summed E-state index contributed by atoms with van der Waals surface area (Å²) in [5, 5.41) is 9.24. The number of carboxylic acids is 1. The minimum absolute atomic E-state index is 0.0411. The summed E-state index contributed by atoms with van der Waals surface area (Å²) in [5.41, 5.74) is 0.882. The van der Waals surface area contributed by atoms with Gasteiger partial charge in [0.2, 0.25) is 5.88 Å². The number of hydrogen-bond donors (Lipinski definition) is 1. The summed E-state index contributed by atoms with van der Waals surface area (Å²) in [7, 11) is 1.34. The second-order valence-corrected chi connectivity index (χ2v) is 6.57. The zero-order valence-electron chi connectivity index (χ0n) is 14.0. The van der Waals surface area contributed by atoms with E-state index in [4.69, 9.17) is 9.47 Å². The zero-order valence-corrected chi connectivity index (χ0v) is 14.8. The summed E-state index contributed by atoms with van der Waals surface area (Å²) in [6.45, 7) is 1.58. The van der Waals surface area contributed by atoms with Gasteiger partial charge in [-0.1, -0.05) is 24.3 Å². The summed E-state index contributed by atoms with van der Waals surface area (Å²) >= 11 is 0.918. The van der Waals surface area contributed by atoms with Gasteiger partial charge in [0.05, 0.1) is 24.7 Å². The second kappa shape index (κ2) is 8.22. The largest absolute Gasteiger partial charge is 0.503 e. The van der Waals surface area contributed by atoms with Gasteiger partial charge in [-0.05, 0) is 18.1 Å². The number of methoxy groups -OCH3 is 1. The first-order chi connectivity index (χ1) is 12.2. The van der Waals surface area contributed by atoms with E-state index in [9.17, 15) is 23.1 Å². The molecule has 1 aromatic carbocycles. The Labute approximate surface area is 151 Å². The van der Waals surface area contributed by atoms with Crippen molar-refractivity contribution in [3.8, 4) is 5.88 Å². The summed E-state index contributed by atoms with van der Waals surface area (Å²) in [4.78, 5) is 15.8. The fourth-order valence-electron chi connectivity index (χ4n) is 2.22. The predicted molar refractivity (Wildman–Crippen MR) is 90.0 cm³/mol. The van der Waals surface area contributed by atoms with Gasteiger partial charge in [-0.2, -0.15) is 13.2 Å². The second-order valence-electron chi connectivity index (χ2n) is 5.28. The van der Waals surface area contributed by atoms with Crippen LogP contribution >= 0.6 is 11.3 Å². The number of nitrogens with zero attached hydrogens (tertiary/aromatic N) is 1. The Morgan fingerprint density at radius 3 is 2.65 bits per heavy atom. The third kappa shape index (κ3) is 5.22. The molecule has 2 aromatic rings. The number of rotatable bonds is 7. The number of ether oxygens (including phenoxy) is 2. The molecule has 0 aliphatic heterocycles. The zero-order chi connectivity index (χ0) is 19.3. The fourth-order valence-corrected chi connectivity index (χ4v) is 3.13. The van der Waals surface area contributed by atoms with Gasteiger partial charge in [0, 0.05) is 0 Å². The Kier molecular flexibility index (Phi) is 6.25. The smallest absolute Gasteiger partial charge is 0.395 e. The van der Waals surface area contributed by atoms with E-state index in [-0.39, 0.29) is 23.1 Å². The monoisotopic (exact) mass is 387 g/mol. The number of aromatic nitrogens is 1. The molecular weight excluding hydrogens is 371 g/mol. The first-order valence-corrected chi connectivity index (χ1v) is 8.23. The molecule has 0 aliphatic rings. The van der Waals surface area contributed by atoms with Crippen LogP contribution in [0.2, 0.25) is 0 Å². The van der Waals surface area contributed by atoms with Crippen LogP contribution in [0.15, 0.2) is 30.5 Å². The van der Waals surface area contributed by atoms with Crippen LogP contribution in [0.4, 0.5) is 13.2 Å². The number of carbonyl (C=O) groups is 1. The van der Waals surface area contributed by atoms with Gasteiger partial charge in [0.15, 0.2) is 0 Å². The number of aryl methyl sites for hydroxylation is 1. The van der Waals surface area contributed by atoms with E-state index in [1.165, 1.54) is 7.11 Å². The average Bonchev–Trinajstić information content (AvgIpc) is 2.88. The third-order valence-electron chi connectivity index (χ3n) is 3.29. The van der Waals surface area contributed by atoms with Crippen LogP contribution in [0.1, 0.15) is 21.0 Å². The number of carboxylic acid groups (broad SMARTS) is 1. The van der Waals surface area contributed by atoms with Crippen molar-refractivity contribution in [3.05, 3.63) is 51.5 Å². The van der Waals surface area contributed by atoms with E-state index in [0.29, 0.717) is 16.0 Å². The predicted octanol–water partition coefficient (Wildman–Crippen LogP) is 4.21. The van der Waals surface area contributed by atoms with Gasteiger partial charge in [0.25, 0.3) is 0 Å². The van der Waals surface area contributed by atoms with Crippen molar-refractivity contribution in [1.29, 1.82) is 0 Å². The van der Waals surface area contributed by atoms with Crippen molar-refractivity contribution in [2.45, 2.75) is 26.1 Å². The van der Waals surface area contributed by atoms with E-state index in [1.54, 1.807) is 31.2 Å². The quantitative estimate of drug-likeness (QED) is 0.569. The normalized spacial score (nSPS) is 12.1. The molecule has 0 saturated heterocycles. The van der Waals surface area contributed by atoms with E-state index >= 15 is 0 Å². The molecule has 0 bridgehead atoms. The lowest BCUT2D eigenvalue weighted by atomic mass is 10.0. The molecule has 0 atom stereocenters. The number of thiazole rings is 1. The molecule has 0 aliphatic carbocycles. The lowest BCUT2D eigenvalue weighted by molar-refractivity contribution is -0.130. The van der Waals surface area contributed by atoms with E-state index in [0.717, 1.165) is 17.6 Å². The maximum absolute atomic E-state index is 12.5. The van der Waals surface area contributed by atoms with Crippen LogP contribution < -0.4 is 4.74 Å². The number of hydrogen-bond acceptors (Lipinski definition) is 5. The van der Waals surface area contributed by atoms with Crippen molar-refractivity contribution in [2.24, 2.45) is 0 Å². The van der Waals surface area contributed by atoms with Crippen LogP contribution in [-0.4, -0.2) is 29.3 Å². The molecule has 1 N–H and O–H groups in total. The van der Waals surface area contributed by atoms with Gasteiger partial charge >= 0.3 is 12.1 Å². The van der Waals surface area contributed by atoms with Gasteiger partial charge in [-0.25, -0.2) is 9.78 Å². The Balaban J connectivity index is 2.21. The van der Waals surface area contributed by atoms with E-state index < -0.39 is 18.6 Å². The minimum Gasteiger partial charge on any atom is -0.503 e. The first-order valence-electron chi connectivity index (χ1n) is 7.41. The Hall–Kier alpha value is -2.55. The summed E-state index contributed by atoms with van der Waals surface area (Å²) < 4.78 is 47.8. The lowest BCUT2D eigenvalue weighted by Gasteiger charge is -2.11. The van der Waals surface area contributed by atoms with Gasteiger partial charge < -0.3 is 14.6 Å². The summed E-state index contributed by atoms with van der Waals surface area (Å²) in [6.07, 6.45) is -4.34. The summed E-state index contributed by atoms with van der Waals surface area (Å²) in [6, 6.07) is 6.64. The third-order valence-corrected chi connectivity index (χ3v) is 4.24. The molecule has 9 heteroatoms. The van der Waals surface area contributed by atoms with Crippen LogP contribution in [0.25, 0.3) is 5.57 Å². The Morgan fingerprint density at radius 1 is 1.35 bits per heavy atom. The maximum atomic E-state index is 12.5. The highest BCUT2D eigenvalue weighted by atomic mass is 32.1. The summed E-state index contributed by atoms with van der Waals surface area (Å²) in [5.74, 6) is -1.06. The molecule has 0 spiro atoms. The molecule has 26 heavy (non-hydrogen) atoms. The number of alkyl halides is 3. The Morgan fingerprint density at radius 2 is 2.04 bits per heavy atom. The maximum Gasteiger partial charge on any atom is 0.395 e. The van der Waals surface area contributed by atoms with Gasteiger partial charge in [-0.15, -0.1) is 11.3 Å². The lowest BCUT2D eigenvalue weighted by Crippen LogP contribution is -2.11. The Bertz CT molecular complexity index is 815. The van der Waals surface area contributed by atoms with Crippen molar-refractivity contribution in [3.63, 3.8) is 0 Å². The van der Waals surface area contributed by atoms with Crippen molar-refractivity contribution < 1.29 is 32.5 Å². The number of benzene rings is 1. The highest BCUT2D eigenvalue weighted by Gasteiger charge is 2.30. The van der Waals surface area contributed by atoms with Crippen molar-refractivity contribution >= 4 is 22.9 Å². The first kappa shape index (κ1) is 19.8. The topological polar surface area (TPSA) is 68.7 Å². The average molecular weight is 387 g/mol. The molecule has 2 rings (SSSR count). The fraction of sp³-hybridized carbons (Fsp3) is 0.294. The van der Waals surface area contributed by atoms with E-state index in [2.05, 4.69) is 4.98 Å². The van der Waals surface area contributed by atoms with E-state index in [1.807, 2.05) is 0 Å². The highest BCUT2D eigenvalue weighted by molar-refractivity contribution is 7.11. The van der Waals surface area contributed by atoms with Crippen LogP contribution in [0, 0.1) is 6.92 Å². The SMILES string of the molecule is CO/C=C(/C(=O)O)c1ccccc1COc1nc(CC(F)(F)F)sc1C. The van der Waals surface area contributed by atoms with Crippen molar-refractivity contribution in [2.75, 3.05) is 7.11 Å². The number of halogens is 3. The number of aliphatic carboxylic acids is 1. The van der Waals surface area contributed by atoms with Crippen molar-refractivity contribution in [1.82, 2.24) is 4.98 Å². The highest BCUT2D eigenvalue weighted by Crippen LogP contribution is 2.30. The molecular formula is C17H16F3NO4S. The molecule has 1 heterocycles. The molecule has 140 valence electrons. The standard InChI is InChI=1S/C17H16F3NO4S/c1-10-15(21-14(26-10)7-17(18,19)20)25-8-11-5-3-4-6-12(11)13(9-24-2)16(22)23/h3-6,9H,7-8H2,1-2H3,(H,22,23)/b13-9+. The van der Waals surface area contributed by atoms with Gasteiger partial charge in [-0.3, -0.25) is 0 Å². The molecule has 1 aromatic heterocycles. The molecule has 0 unspecified atom stereocenters. The molecule has 0 amide bonds. The van der Waals surface area contributed by atoms with Crippen LogP contribution in [0.3, 0.4) is 0 Å². The molecule has 5 nitrogen and oxygen atoms in total. The molecule has 0 saturated carbocycles. The van der Waals surface area contributed by atoms with Gasteiger partial charge in [0.1, 0.15) is 17.2 Å². The van der Waals surface area contributed by atoms with Crippen LogP contribution in [0.5, 0.6) is 5.88 Å². The minimum atomic E-state index is -4.34.